The van der Waals surface area contributed by atoms with Crippen molar-refractivity contribution in [2.24, 2.45) is 5.92 Å². The molecule has 4 nitrogen and oxygen atoms in total. The van der Waals surface area contributed by atoms with Gasteiger partial charge in [-0.3, -0.25) is 4.79 Å². The van der Waals surface area contributed by atoms with Gasteiger partial charge in [-0.15, -0.1) is 0 Å². The van der Waals surface area contributed by atoms with Crippen LogP contribution in [0.15, 0.2) is 0 Å². The topological polar surface area (TPSA) is 41.6 Å². The van der Waals surface area contributed by atoms with Crippen molar-refractivity contribution in [3.05, 3.63) is 0 Å². The van der Waals surface area contributed by atoms with E-state index in [1.807, 2.05) is 6.92 Å². The predicted octanol–water partition coefficient (Wildman–Crippen LogP) is 5.94. The highest BCUT2D eigenvalue weighted by Crippen LogP contribution is 2.17. The summed E-state index contributed by atoms with van der Waals surface area (Å²) in [6.07, 6.45) is 18.6. The van der Waals surface area contributed by atoms with Gasteiger partial charge in [-0.2, -0.15) is 0 Å². The minimum atomic E-state index is -0.0160. The van der Waals surface area contributed by atoms with E-state index in [0.717, 1.165) is 25.2 Å². The lowest BCUT2D eigenvalue weighted by atomic mass is 9.94. The number of esters is 1. The molecule has 4 heteroatoms. The summed E-state index contributed by atoms with van der Waals surface area (Å²) < 4.78 is 5.17. The molecule has 1 fully saturated rings. The molecular formula is C25H50N2O2. The van der Waals surface area contributed by atoms with Crippen molar-refractivity contribution in [2.45, 2.75) is 110 Å². The Morgan fingerprint density at radius 1 is 0.828 bits per heavy atom. The number of carbonyl (C=O) groups excluding carboxylic acids is 1. The molecule has 0 aromatic rings. The van der Waals surface area contributed by atoms with Crippen LogP contribution in [0, 0.1) is 5.92 Å². The highest BCUT2D eigenvalue weighted by Gasteiger charge is 2.14. The molecule has 0 saturated carbocycles. The minimum Gasteiger partial charge on any atom is -0.466 e. The highest BCUT2D eigenvalue weighted by molar-refractivity contribution is 5.69. The maximum absolute atomic E-state index is 11.6. The number of unbranched alkanes of at least 4 members (excludes halogenated alkanes) is 8. The molecule has 0 bridgehead atoms. The fraction of sp³-hybridized carbons (Fsp3) is 0.960. The molecule has 0 aliphatic carbocycles. The van der Waals surface area contributed by atoms with Crippen LogP contribution < -0.4 is 5.32 Å². The van der Waals surface area contributed by atoms with Gasteiger partial charge in [0, 0.05) is 6.42 Å². The van der Waals surface area contributed by atoms with Crippen molar-refractivity contribution >= 4 is 5.97 Å². The van der Waals surface area contributed by atoms with Crippen molar-refractivity contribution in [1.82, 2.24) is 10.2 Å². The molecule has 1 aliphatic rings. The van der Waals surface area contributed by atoms with Gasteiger partial charge in [0.05, 0.1) is 6.61 Å². The Kier molecular flexibility index (Phi) is 17.6. The van der Waals surface area contributed by atoms with E-state index in [9.17, 15) is 4.79 Å². The van der Waals surface area contributed by atoms with E-state index in [-0.39, 0.29) is 5.97 Å². The van der Waals surface area contributed by atoms with E-state index in [1.165, 1.54) is 103 Å². The van der Waals surface area contributed by atoms with E-state index < -0.39 is 0 Å². The van der Waals surface area contributed by atoms with E-state index >= 15 is 0 Å². The van der Waals surface area contributed by atoms with Crippen LogP contribution in [-0.4, -0.2) is 50.2 Å². The Bertz CT molecular complexity index is 370. The largest absolute Gasteiger partial charge is 0.466 e. The predicted molar refractivity (Wildman–Crippen MR) is 124 cm³/mol. The van der Waals surface area contributed by atoms with Crippen LogP contribution in [-0.2, 0) is 9.53 Å². The van der Waals surface area contributed by atoms with Crippen LogP contribution in [0.1, 0.15) is 110 Å². The molecule has 29 heavy (non-hydrogen) atoms. The maximum Gasteiger partial charge on any atom is 0.305 e. The van der Waals surface area contributed by atoms with Crippen molar-refractivity contribution in [3.63, 3.8) is 0 Å². The Hall–Kier alpha value is -0.610. The van der Waals surface area contributed by atoms with Gasteiger partial charge in [0.25, 0.3) is 0 Å². The van der Waals surface area contributed by atoms with Gasteiger partial charge >= 0.3 is 5.97 Å². The van der Waals surface area contributed by atoms with E-state index in [1.54, 1.807) is 0 Å². The summed E-state index contributed by atoms with van der Waals surface area (Å²) >= 11 is 0. The molecule has 172 valence electrons. The van der Waals surface area contributed by atoms with Gasteiger partial charge in [-0.25, -0.2) is 0 Å². The van der Waals surface area contributed by atoms with Crippen molar-refractivity contribution in [1.29, 1.82) is 0 Å². The normalized spacial score (nSPS) is 15.1. The highest BCUT2D eigenvalue weighted by atomic mass is 16.5. The standard InChI is InChI=1S/C25H50N2O2/c1-3-5-6-7-8-9-12-20-27(22-17-24-15-18-26-19-16-24)21-13-10-11-14-25(28)29-23-4-2/h24,26H,3-23H2,1-2H3. The minimum absolute atomic E-state index is 0.0160. The van der Waals surface area contributed by atoms with E-state index in [4.69, 9.17) is 4.74 Å². The summed E-state index contributed by atoms with van der Waals surface area (Å²) in [5.41, 5.74) is 0. The number of ether oxygens (including phenoxy) is 1. The Labute approximate surface area is 181 Å². The van der Waals surface area contributed by atoms with E-state index in [2.05, 4.69) is 17.1 Å². The van der Waals surface area contributed by atoms with Gasteiger partial charge in [0.15, 0.2) is 0 Å². The fourth-order valence-electron chi connectivity index (χ4n) is 4.23. The second-order valence-electron chi connectivity index (χ2n) is 8.98. The molecule has 1 heterocycles. The first-order valence-corrected chi connectivity index (χ1v) is 12.8. The van der Waals surface area contributed by atoms with Crippen molar-refractivity contribution in [3.8, 4) is 0 Å². The molecule has 0 amide bonds. The summed E-state index contributed by atoms with van der Waals surface area (Å²) in [4.78, 5) is 14.3. The molecule has 1 aliphatic heterocycles. The molecule has 0 aromatic heterocycles. The third-order valence-electron chi connectivity index (χ3n) is 6.21. The average molecular weight is 411 g/mol. The number of nitrogens with zero attached hydrogens (tertiary/aromatic N) is 1. The summed E-state index contributed by atoms with van der Waals surface area (Å²) in [6.45, 7) is 11.0. The third kappa shape index (κ3) is 15.8. The SMILES string of the molecule is CCCCCCCCCN(CCCCCC(=O)OCCC)CCC1CCNCC1. The Morgan fingerprint density at radius 3 is 2.10 bits per heavy atom. The summed E-state index contributed by atoms with van der Waals surface area (Å²) in [5.74, 6) is 0.902. The summed E-state index contributed by atoms with van der Waals surface area (Å²) in [6, 6.07) is 0. The number of hydrogen-bond acceptors (Lipinski definition) is 4. The van der Waals surface area contributed by atoms with Crippen molar-refractivity contribution < 1.29 is 9.53 Å². The number of hydrogen-bond donors (Lipinski definition) is 1. The molecule has 0 radical (unpaired) electrons. The first-order chi connectivity index (χ1) is 14.3. The van der Waals surface area contributed by atoms with Gasteiger partial charge in [-0.1, -0.05) is 58.8 Å². The number of nitrogens with one attached hydrogen (secondary N) is 1. The summed E-state index contributed by atoms with van der Waals surface area (Å²) in [7, 11) is 0. The zero-order valence-corrected chi connectivity index (χ0v) is 19.7. The third-order valence-corrected chi connectivity index (χ3v) is 6.21. The zero-order valence-electron chi connectivity index (χ0n) is 19.7. The quantitative estimate of drug-likeness (QED) is 0.211. The van der Waals surface area contributed by atoms with Crippen LogP contribution >= 0.6 is 0 Å². The van der Waals surface area contributed by atoms with Crippen LogP contribution in [0.2, 0.25) is 0 Å². The van der Waals surface area contributed by atoms with Crippen LogP contribution in [0.4, 0.5) is 0 Å². The molecule has 0 aromatic carbocycles. The smallest absolute Gasteiger partial charge is 0.305 e. The van der Waals surface area contributed by atoms with Crippen molar-refractivity contribution in [2.75, 3.05) is 39.3 Å². The van der Waals surface area contributed by atoms with E-state index in [0.29, 0.717) is 13.0 Å². The van der Waals surface area contributed by atoms with Gasteiger partial charge < -0.3 is 15.0 Å². The molecule has 1 N–H and O–H groups in total. The monoisotopic (exact) mass is 410 g/mol. The molecule has 0 atom stereocenters. The number of piperidine rings is 1. The lowest BCUT2D eigenvalue weighted by Gasteiger charge is -2.27. The first kappa shape index (κ1) is 26.4. The van der Waals surface area contributed by atoms with Gasteiger partial charge in [0.2, 0.25) is 0 Å². The molecule has 1 rings (SSSR count). The van der Waals surface area contributed by atoms with Crippen LogP contribution in [0.25, 0.3) is 0 Å². The Balaban J connectivity index is 2.18. The first-order valence-electron chi connectivity index (χ1n) is 12.8. The second kappa shape index (κ2) is 19.4. The Morgan fingerprint density at radius 2 is 1.45 bits per heavy atom. The lowest BCUT2D eigenvalue weighted by Crippen LogP contribution is -2.32. The lowest BCUT2D eigenvalue weighted by molar-refractivity contribution is -0.143. The molecular weight excluding hydrogens is 360 g/mol. The number of rotatable bonds is 19. The van der Waals surface area contributed by atoms with Gasteiger partial charge in [-0.05, 0) is 83.6 Å². The number of carbonyl (C=O) groups is 1. The summed E-state index contributed by atoms with van der Waals surface area (Å²) in [5, 5.41) is 3.48. The molecule has 0 spiro atoms. The van der Waals surface area contributed by atoms with Crippen LogP contribution in [0.3, 0.4) is 0 Å². The zero-order chi connectivity index (χ0) is 21.0. The fourth-order valence-corrected chi connectivity index (χ4v) is 4.23. The second-order valence-corrected chi connectivity index (χ2v) is 8.98. The average Bonchev–Trinajstić information content (AvgIpc) is 2.75. The van der Waals surface area contributed by atoms with Crippen LogP contribution in [0.5, 0.6) is 0 Å². The maximum atomic E-state index is 11.6. The molecule has 1 saturated heterocycles. The van der Waals surface area contributed by atoms with Gasteiger partial charge in [0.1, 0.15) is 0 Å². The molecule has 0 unspecified atom stereocenters.